The lowest BCUT2D eigenvalue weighted by molar-refractivity contribution is -0.149. The van der Waals surface area contributed by atoms with Crippen molar-refractivity contribution in [2.45, 2.75) is 57.3 Å². The Kier molecular flexibility index (Phi) is 5.89. The minimum atomic E-state index is -0.741. The van der Waals surface area contributed by atoms with Gasteiger partial charge in [-0.25, -0.2) is 0 Å². The molecular weight excluding hydrogens is 358 g/mol. The molecule has 0 aromatic rings. The summed E-state index contributed by atoms with van der Waals surface area (Å²) < 4.78 is 5.73. The summed E-state index contributed by atoms with van der Waals surface area (Å²) in [6.07, 6.45) is 4.71. The molecule has 2 bridgehead atoms. The normalized spacial score (nSPS) is 36.7. The van der Waals surface area contributed by atoms with Gasteiger partial charge in [-0.1, -0.05) is 0 Å². The number of piperidine rings is 1. The van der Waals surface area contributed by atoms with E-state index >= 15 is 0 Å². The van der Waals surface area contributed by atoms with Gasteiger partial charge in [-0.05, 0) is 58.0 Å². The smallest absolute Gasteiger partial charge is 0.243 e. The Balaban J connectivity index is 0.00000196. The Hall–Kier alpha value is -1.18. The van der Waals surface area contributed by atoms with Gasteiger partial charge in [0, 0.05) is 6.54 Å². The van der Waals surface area contributed by atoms with Gasteiger partial charge in [0.25, 0.3) is 0 Å². The quantitative estimate of drug-likeness (QED) is 0.671. The molecule has 6 atom stereocenters. The minimum absolute atomic E-state index is 0. The van der Waals surface area contributed by atoms with Gasteiger partial charge in [-0.15, -0.1) is 12.4 Å². The van der Waals surface area contributed by atoms with Crippen LogP contribution in [-0.4, -0.2) is 60.5 Å². The summed E-state index contributed by atoms with van der Waals surface area (Å²) in [7, 11) is 0. The van der Waals surface area contributed by atoms with Crippen molar-refractivity contribution in [1.29, 1.82) is 0 Å². The van der Waals surface area contributed by atoms with Gasteiger partial charge < -0.3 is 15.4 Å². The van der Waals surface area contributed by atoms with E-state index in [0.29, 0.717) is 12.5 Å². The molecule has 8 heteroatoms. The lowest BCUT2D eigenvalue weighted by Gasteiger charge is -2.25. The zero-order valence-corrected chi connectivity index (χ0v) is 15.9. The highest BCUT2D eigenvalue weighted by Crippen LogP contribution is 2.48. The average Bonchev–Trinajstić information content (AvgIpc) is 3.29. The molecule has 0 aromatic carbocycles. The van der Waals surface area contributed by atoms with Gasteiger partial charge in [0.1, 0.15) is 6.04 Å². The maximum Gasteiger partial charge on any atom is 0.243 e. The van der Waals surface area contributed by atoms with Crippen LogP contribution in [0.2, 0.25) is 0 Å². The van der Waals surface area contributed by atoms with Gasteiger partial charge >= 0.3 is 0 Å². The van der Waals surface area contributed by atoms with Crippen LogP contribution in [0.3, 0.4) is 0 Å². The third-order valence-electron chi connectivity index (χ3n) is 6.34. The fourth-order valence-electron chi connectivity index (χ4n) is 4.95. The van der Waals surface area contributed by atoms with Gasteiger partial charge in [-0.3, -0.25) is 19.3 Å². The fourth-order valence-corrected chi connectivity index (χ4v) is 4.95. The Labute approximate surface area is 160 Å². The van der Waals surface area contributed by atoms with Crippen molar-refractivity contribution in [2.24, 2.45) is 17.8 Å². The number of rotatable bonds is 5. The zero-order valence-electron chi connectivity index (χ0n) is 15.1. The van der Waals surface area contributed by atoms with Crippen molar-refractivity contribution in [2.75, 3.05) is 19.6 Å². The first-order valence-corrected chi connectivity index (χ1v) is 9.58. The molecule has 4 fully saturated rings. The van der Waals surface area contributed by atoms with Crippen LogP contribution >= 0.6 is 12.4 Å². The summed E-state index contributed by atoms with van der Waals surface area (Å²) in [6, 6.07) is -0.741. The highest BCUT2D eigenvalue weighted by molar-refractivity contribution is 6.09. The maximum atomic E-state index is 12.7. The number of fused-ring (bicyclic) bond motifs is 5. The Morgan fingerprint density at radius 2 is 1.88 bits per heavy atom. The van der Waals surface area contributed by atoms with Crippen LogP contribution in [0, 0.1) is 17.8 Å². The van der Waals surface area contributed by atoms with Crippen LogP contribution in [0.4, 0.5) is 0 Å². The van der Waals surface area contributed by atoms with Crippen molar-refractivity contribution < 1.29 is 19.1 Å². The summed E-state index contributed by atoms with van der Waals surface area (Å²) >= 11 is 0. The number of carbonyl (C=O) groups is 3. The number of hydrogen-bond acceptors (Lipinski definition) is 5. The zero-order chi connectivity index (χ0) is 17.6. The van der Waals surface area contributed by atoms with Crippen molar-refractivity contribution in [1.82, 2.24) is 15.5 Å². The molecule has 4 aliphatic rings. The Bertz CT molecular complexity index is 553. The second-order valence-corrected chi connectivity index (χ2v) is 7.86. The van der Waals surface area contributed by atoms with Crippen molar-refractivity contribution in [3.63, 3.8) is 0 Å². The number of nitrogens with one attached hydrogen (secondary N) is 2. The fraction of sp³-hybridized carbons (Fsp3) is 0.833. The monoisotopic (exact) mass is 385 g/mol. The first-order chi connectivity index (χ1) is 12.1. The van der Waals surface area contributed by atoms with E-state index in [2.05, 4.69) is 10.6 Å². The predicted molar refractivity (Wildman–Crippen MR) is 96.7 cm³/mol. The molecule has 0 spiro atoms. The van der Waals surface area contributed by atoms with E-state index in [0.717, 1.165) is 32.4 Å². The van der Waals surface area contributed by atoms with Crippen molar-refractivity contribution in [3.05, 3.63) is 0 Å². The van der Waals surface area contributed by atoms with Crippen LogP contribution < -0.4 is 10.6 Å². The second kappa shape index (κ2) is 7.82. The highest BCUT2D eigenvalue weighted by atomic mass is 35.5. The van der Waals surface area contributed by atoms with Crippen LogP contribution in [0.1, 0.15) is 39.0 Å². The summed E-state index contributed by atoms with van der Waals surface area (Å²) in [4.78, 5) is 39.0. The molecule has 26 heavy (non-hydrogen) atoms. The number of amides is 3. The molecule has 4 saturated heterocycles. The summed E-state index contributed by atoms with van der Waals surface area (Å²) in [6.45, 7) is 4.32. The lowest BCUT2D eigenvalue weighted by atomic mass is 9.81. The number of carbonyl (C=O) groups excluding carboxylic acids is 3. The number of nitrogens with zero attached hydrogens (tertiary/aromatic N) is 1. The van der Waals surface area contributed by atoms with Crippen LogP contribution in [0.15, 0.2) is 0 Å². The Morgan fingerprint density at radius 1 is 1.23 bits per heavy atom. The molecule has 4 heterocycles. The van der Waals surface area contributed by atoms with E-state index < -0.39 is 6.04 Å². The first-order valence-electron chi connectivity index (χ1n) is 9.58. The van der Waals surface area contributed by atoms with E-state index in [1.165, 1.54) is 17.7 Å². The van der Waals surface area contributed by atoms with Gasteiger partial charge in [0.05, 0.1) is 24.0 Å². The maximum absolute atomic E-state index is 12.7. The molecule has 146 valence electrons. The van der Waals surface area contributed by atoms with E-state index in [1.807, 2.05) is 0 Å². The van der Waals surface area contributed by atoms with Gasteiger partial charge in [0.2, 0.25) is 17.7 Å². The SMILES string of the molecule is CC(C(=O)NCCC1CCCNC1)N1C(=O)C2C3CCC(O3)C2C1=O.Cl. The third kappa shape index (κ3) is 3.25. The largest absolute Gasteiger partial charge is 0.373 e. The molecule has 4 aliphatic heterocycles. The van der Waals surface area contributed by atoms with Crippen molar-refractivity contribution >= 4 is 30.1 Å². The summed E-state index contributed by atoms with van der Waals surface area (Å²) in [5.74, 6) is -0.822. The van der Waals surface area contributed by atoms with Crippen LogP contribution in [0.25, 0.3) is 0 Å². The van der Waals surface area contributed by atoms with Crippen LogP contribution in [-0.2, 0) is 19.1 Å². The van der Waals surface area contributed by atoms with E-state index in [9.17, 15) is 14.4 Å². The topological polar surface area (TPSA) is 87.7 Å². The number of ether oxygens (including phenoxy) is 1. The van der Waals surface area contributed by atoms with Crippen molar-refractivity contribution in [3.8, 4) is 0 Å². The molecule has 2 N–H and O–H groups in total. The van der Waals surface area contributed by atoms with Gasteiger partial charge in [-0.2, -0.15) is 0 Å². The predicted octanol–water partition coefficient (Wildman–Crippen LogP) is 0.465. The molecule has 7 nitrogen and oxygen atoms in total. The molecule has 4 rings (SSSR count). The molecule has 0 aliphatic carbocycles. The summed E-state index contributed by atoms with van der Waals surface area (Å²) in [5.41, 5.74) is 0. The third-order valence-corrected chi connectivity index (χ3v) is 6.34. The number of imide groups is 1. The van der Waals surface area contributed by atoms with E-state index in [1.54, 1.807) is 6.92 Å². The average molecular weight is 386 g/mol. The molecule has 6 unspecified atom stereocenters. The van der Waals surface area contributed by atoms with E-state index in [4.69, 9.17) is 4.74 Å². The molecule has 0 radical (unpaired) electrons. The van der Waals surface area contributed by atoms with E-state index in [-0.39, 0.29) is 54.2 Å². The van der Waals surface area contributed by atoms with Crippen LogP contribution in [0.5, 0.6) is 0 Å². The molecule has 3 amide bonds. The highest BCUT2D eigenvalue weighted by Gasteiger charge is 2.63. The molecule has 0 saturated carbocycles. The standard InChI is InChI=1S/C18H27N3O4.ClH/c1-10(16(22)20-8-6-11-3-2-7-19-9-11)21-17(23)14-12-4-5-13(25-12)15(14)18(21)24;/h10-15,19H,2-9H2,1H3,(H,20,22);1H. The Morgan fingerprint density at radius 3 is 2.46 bits per heavy atom. The number of likely N-dealkylation sites (tertiary alicyclic amines) is 1. The minimum Gasteiger partial charge on any atom is -0.373 e. The summed E-state index contributed by atoms with van der Waals surface area (Å²) in [5, 5.41) is 6.27. The first kappa shape index (κ1) is 19.6. The number of halogens is 1. The second-order valence-electron chi connectivity index (χ2n) is 7.86. The lowest BCUT2D eigenvalue weighted by Crippen LogP contribution is -2.49. The molecule has 0 aromatic heterocycles. The van der Waals surface area contributed by atoms with Gasteiger partial charge in [0.15, 0.2) is 0 Å². The molecular formula is C18H28ClN3O4. The number of hydrogen-bond donors (Lipinski definition) is 2.